The van der Waals surface area contributed by atoms with Crippen LogP contribution in [-0.2, 0) is 9.59 Å². The van der Waals surface area contributed by atoms with Crippen LogP contribution in [0.15, 0.2) is 24.3 Å². The summed E-state index contributed by atoms with van der Waals surface area (Å²) in [5.41, 5.74) is -3.28. The minimum absolute atomic E-state index is 0.0852. The molecule has 4 aliphatic rings. The molecule has 1 spiro atoms. The van der Waals surface area contributed by atoms with Crippen LogP contribution >= 0.6 is 0 Å². The van der Waals surface area contributed by atoms with Gasteiger partial charge < -0.3 is 30.8 Å². The molecule has 0 unspecified atom stereocenters. The Kier molecular flexibility index (Phi) is 5.53. The molecule has 2 bridgehead atoms. The smallest absolute Gasteiger partial charge is 0.339 e. The molecule has 9 heteroatoms. The third kappa shape index (κ3) is 3.59. The molecule has 33 heavy (non-hydrogen) atoms. The molecule has 6 N–H and O–H groups in total. The Bertz CT molecular complexity index is 1050. The number of ketones is 1. The number of carbonyl (C=O) groups is 3. The van der Waals surface area contributed by atoms with Crippen molar-refractivity contribution in [2.24, 2.45) is 22.7 Å². The van der Waals surface area contributed by atoms with Crippen LogP contribution in [0.5, 0.6) is 11.5 Å². The molecule has 3 fully saturated rings. The molecule has 9 nitrogen and oxygen atoms in total. The van der Waals surface area contributed by atoms with Crippen molar-refractivity contribution in [3.63, 3.8) is 0 Å². The van der Waals surface area contributed by atoms with Crippen molar-refractivity contribution >= 4 is 23.3 Å². The molecule has 5 rings (SSSR count). The quantitative estimate of drug-likeness (QED) is 0.352. The molecule has 4 aliphatic carbocycles. The predicted octanol–water partition coefficient (Wildman–Crippen LogP) is 2.19. The zero-order valence-corrected chi connectivity index (χ0v) is 18.4. The number of rotatable bonds is 6. The van der Waals surface area contributed by atoms with E-state index in [2.05, 4.69) is 5.32 Å². The standard InChI is InChI=1S/C24H29NO8/c1-22(7-6-18(29)25-19-15(27)3-2-14(20(19)30)21(31)32)16-10-13-4-8-23(16,9-5-17(22)28)11-24(13,33)12-26/h2-3,5,9,13,16,26-27,30,33H,4,6-8,10-12H2,1H3,(H,25,29)(H,31,32)/t13-,16-,22-,23+,24-/m0/s1. The number of fused-ring (bicyclic) bond motifs is 2. The number of phenols is 2. The lowest BCUT2D eigenvalue weighted by atomic mass is 9.42. The van der Waals surface area contributed by atoms with Crippen molar-refractivity contribution in [3.8, 4) is 11.5 Å². The monoisotopic (exact) mass is 459 g/mol. The first-order chi connectivity index (χ1) is 15.5. The minimum atomic E-state index is -1.41. The van der Waals surface area contributed by atoms with Gasteiger partial charge in [0, 0.05) is 11.8 Å². The molecule has 0 radical (unpaired) electrons. The molecule has 1 amide bonds. The van der Waals surface area contributed by atoms with Gasteiger partial charge in [0.15, 0.2) is 11.5 Å². The Morgan fingerprint density at radius 1 is 1.24 bits per heavy atom. The number of carbonyl (C=O) groups excluding carboxylic acids is 2. The number of hydrogen-bond acceptors (Lipinski definition) is 7. The number of carboxylic acids is 1. The number of carboxylic acid groups (broad SMARTS) is 1. The van der Waals surface area contributed by atoms with E-state index in [4.69, 9.17) is 5.11 Å². The highest BCUT2D eigenvalue weighted by atomic mass is 16.4. The average Bonchev–Trinajstić information content (AvgIpc) is 2.78. The maximum Gasteiger partial charge on any atom is 0.339 e. The molecular weight excluding hydrogens is 430 g/mol. The highest BCUT2D eigenvalue weighted by Crippen LogP contribution is 2.65. The lowest BCUT2D eigenvalue weighted by Gasteiger charge is -2.63. The SMILES string of the molecule is C[C@@]1(CCC(=O)Nc2c(O)ccc(C(=O)O)c2O)C(=O)C=C[C@@]23CC[C@@H](C[C@H]21)[C@@](O)(CO)C3. The van der Waals surface area contributed by atoms with Crippen molar-refractivity contribution < 1.29 is 39.9 Å². The Morgan fingerprint density at radius 3 is 2.64 bits per heavy atom. The summed E-state index contributed by atoms with van der Waals surface area (Å²) in [5.74, 6) is -3.49. The number of nitrogens with one attached hydrogen (secondary N) is 1. The minimum Gasteiger partial charge on any atom is -0.506 e. The third-order valence-electron chi connectivity index (χ3n) is 8.26. The van der Waals surface area contributed by atoms with Crippen molar-refractivity contribution in [1.82, 2.24) is 0 Å². The highest BCUT2D eigenvalue weighted by Gasteiger charge is 2.63. The summed E-state index contributed by atoms with van der Waals surface area (Å²) in [5, 5.41) is 52.3. The van der Waals surface area contributed by atoms with Gasteiger partial charge in [0.2, 0.25) is 5.91 Å². The molecular formula is C24H29NO8. The maximum absolute atomic E-state index is 13.0. The molecule has 1 aromatic carbocycles. The van der Waals surface area contributed by atoms with Crippen LogP contribution in [0.1, 0.15) is 55.8 Å². The van der Waals surface area contributed by atoms with Crippen molar-refractivity contribution in [3.05, 3.63) is 29.8 Å². The molecule has 5 atom stereocenters. The second-order valence-corrected chi connectivity index (χ2v) is 10.0. The van der Waals surface area contributed by atoms with Gasteiger partial charge in [0.05, 0.1) is 12.2 Å². The fourth-order valence-electron chi connectivity index (χ4n) is 6.36. The van der Waals surface area contributed by atoms with Crippen LogP contribution in [0.4, 0.5) is 5.69 Å². The molecule has 0 saturated heterocycles. The molecule has 0 heterocycles. The average molecular weight is 459 g/mol. The van der Waals surface area contributed by atoms with Gasteiger partial charge in [0.25, 0.3) is 0 Å². The van der Waals surface area contributed by atoms with Gasteiger partial charge in [-0.15, -0.1) is 0 Å². The van der Waals surface area contributed by atoms with E-state index in [1.54, 1.807) is 0 Å². The van der Waals surface area contributed by atoms with E-state index in [0.29, 0.717) is 12.8 Å². The number of aliphatic hydroxyl groups excluding tert-OH is 1. The normalized spacial score (nSPS) is 34.7. The Hall–Kier alpha value is -2.91. The highest BCUT2D eigenvalue weighted by molar-refractivity contribution is 6.00. The van der Waals surface area contributed by atoms with E-state index >= 15 is 0 Å². The number of allylic oxidation sites excluding steroid dienone is 2. The van der Waals surface area contributed by atoms with Crippen molar-refractivity contribution in [2.75, 3.05) is 11.9 Å². The Morgan fingerprint density at radius 2 is 1.97 bits per heavy atom. The number of phenolic OH excluding ortho intramolecular Hbond substituents is 1. The summed E-state index contributed by atoms with van der Waals surface area (Å²) in [7, 11) is 0. The topological polar surface area (TPSA) is 164 Å². The van der Waals surface area contributed by atoms with Crippen LogP contribution in [0.2, 0.25) is 0 Å². The molecule has 0 aromatic heterocycles. The maximum atomic E-state index is 13.0. The second-order valence-electron chi connectivity index (χ2n) is 10.0. The van der Waals surface area contributed by atoms with E-state index in [0.717, 1.165) is 25.0 Å². The summed E-state index contributed by atoms with van der Waals surface area (Å²) >= 11 is 0. The second kappa shape index (κ2) is 7.85. The summed E-state index contributed by atoms with van der Waals surface area (Å²) in [6, 6.07) is 2.10. The fraction of sp³-hybridized carbons (Fsp3) is 0.542. The van der Waals surface area contributed by atoms with Crippen molar-refractivity contribution in [2.45, 2.75) is 51.0 Å². The van der Waals surface area contributed by atoms with Crippen LogP contribution in [0, 0.1) is 22.7 Å². The van der Waals surface area contributed by atoms with E-state index in [1.165, 1.54) is 6.08 Å². The Balaban J connectivity index is 1.53. The number of aliphatic hydroxyl groups is 2. The first-order valence-electron chi connectivity index (χ1n) is 11.1. The first kappa shape index (κ1) is 23.3. The van der Waals surface area contributed by atoms with Crippen molar-refractivity contribution in [1.29, 1.82) is 0 Å². The van der Waals surface area contributed by atoms with Crippen LogP contribution < -0.4 is 5.32 Å². The molecule has 0 aliphatic heterocycles. The molecule has 178 valence electrons. The van der Waals surface area contributed by atoms with Crippen LogP contribution in [0.25, 0.3) is 0 Å². The van der Waals surface area contributed by atoms with Gasteiger partial charge in [-0.3, -0.25) is 9.59 Å². The van der Waals surface area contributed by atoms with Gasteiger partial charge in [-0.2, -0.15) is 0 Å². The van der Waals surface area contributed by atoms with Crippen LogP contribution in [-0.4, -0.2) is 55.4 Å². The number of amides is 1. The van der Waals surface area contributed by atoms with Gasteiger partial charge >= 0.3 is 5.97 Å². The van der Waals surface area contributed by atoms with Gasteiger partial charge in [-0.05, 0) is 67.6 Å². The number of anilines is 1. The van der Waals surface area contributed by atoms with Gasteiger partial charge in [-0.1, -0.05) is 13.0 Å². The van der Waals surface area contributed by atoms with Gasteiger partial charge in [0.1, 0.15) is 17.0 Å². The third-order valence-corrected chi connectivity index (χ3v) is 8.26. The summed E-state index contributed by atoms with van der Waals surface area (Å²) in [6.45, 7) is 1.51. The Labute approximate surface area is 190 Å². The summed E-state index contributed by atoms with van der Waals surface area (Å²) < 4.78 is 0. The number of aromatic carboxylic acids is 1. The van der Waals surface area contributed by atoms with E-state index in [-0.39, 0.29) is 42.8 Å². The zero-order chi connectivity index (χ0) is 24.2. The van der Waals surface area contributed by atoms with Crippen LogP contribution in [0.3, 0.4) is 0 Å². The largest absolute Gasteiger partial charge is 0.506 e. The predicted molar refractivity (Wildman–Crippen MR) is 117 cm³/mol. The molecule has 3 saturated carbocycles. The first-order valence-corrected chi connectivity index (χ1v) is 11.1. The number of hydrogen-bond donors (Lipinski definition) is 6. The summed E-state index contributed by atoms with van der Waals surface area (Å²) in [4.78, 5) is 36.9. The van der Waals surface area contributed by atoms with E-state index in [9.17, 15) is 34.8 Å². The number of benzene rings is 1. The van der Waals surface area contributed by atoms with E-state index < -0.39 is 45.4 Å². The zero-order valence-electron chi connectivity index (χ0n) is 18.4. The lowest BCUT2D eigenvalue weighted by molar-refractivity contribution is -0.190. The number of aromatic hydroxyl groups is 2. The lowest BCUT2D eigenvalue weighted by Crippen LogP contribution is -2.62. The molecule has 1 aromatic rings. The summed E-state index contributed by atoms with van der Waals surface area (Å²) in [6.07, 6.45) is 6.05. The van der Waals surface area contributed by atoms with E-state index in [1.807, 2.05) is 13.0 Å². The van der Waals surface area contributed by atoms with Gasteiger partial charge in [-0.25, -0.2) is 4.79 Å². The fourth-order valence-corrected chi connectivity index (χ4v) is 6.36.